The minimum absolute atomic E-state index is 0.0925. The van der Waals surface area contributed by atoms with E-state index in [2.05, 4.69) is 10.2 Å². The zero-order valence-electron chi connectivity index (χ0n) is 15.9. The van der Waals surface area contributed by atoms with Crippen molar-refractivity contribution in [3.63, 3.8) is 0 Å². The molecule has 0 saturated carbocycles. The third-order valence-electron chi connectivity index (χ3n) is 4.93. The van der Waals surface area contributed by atoms with Crippen molar-refractivity contribution in [1.82, 2.24) is 15.1 Å². The number of carbonyl (C=O) groups is 1. The minimum atomic E-state index is 0.0925. The number of ether oxygens (including phenoxy) is 2. The Kier molecular flexibility index (Phi) is 5.39. The van der Waals surface area contributed by atoms with Gasteiger partial charge in [-0.15, -0.1) is 0 Å². The average Bonchev–Trinajstić information content (AvgIpc) is 3.14. The molecule has 1 aliphatic rings. The standard InChI is InChI=1S/C22H23N3O3/c1-27-12-11-25-14-19-18(13-21(25)26)22(24-23-19)17-9-5-6-10-20(17)28-15-16-7-3-2-4-8-16/h2-10H,11-15H2,1H3,(H,23,24). The molecule has 4 rings (SSSR count). The number of nitrogens with zero attached hydrogens (tertiary/aromatic N) is 2. The number of aromatic nitrogens is 2. The molecule has 2 aromatic carbocycles. The van der Waals surface area contributed by atoms with Crippen molar-refractivity contribution in [2.45, 2.75) is 19.6 Å². The number of nitrogens with one attached hydrogen (secondary N) is 1. The van der Waals surface area contributed by atoms with E-state index in [1.807, 2.05) is 54.6 Å². The molecule has 0 unspecified atom stereocenters. The Labute approximate surface area is 164 Å². The van der Waals surface area contributed by atoms with Crippen LogP contribution in [0.4, 0.5) is 0 Å². The van der Waals surface area contributed by atoms with Crippen LogP contribution < -0.4 is 4.74 Å². The maximum atomic E-state index is 12.5. The summed E-state index contributed by atoms with van der Waals surface area (Å²) < 4.78 is 11.2. The molecule has 6 heteroatoms. The van der Waals surface area contributed by atoms with Crippen LogP contribution in [0.2, 0.25) is 0 Å². The Balaban J connectivity index is 1.58. The Morgan fingerprint density at radius 3 is 2.71 bits per heavy atom. The molecule has 144 valence electrons. The Bertz CT molecular complexity index is 953. The van der Waals surface area contributed by atoms with Gasteiger partial charge in [0.2, 0.25) is 5.91 Å². The molecule has 0 saturated heterocycles. The number of para-hydroxylation sites is 1. The molecule has 2 heterocycles. The number of rotatable bonds is 7. The smallest absolute Gasteiger partial charge is 0.227 e. The van der Waals surface area contributed by atoms with Crippen LogP contribution in [0.25, 0.3) is 11.3 Å². The summed E-state index contributed by atoms with van der Waals surface area (Å²) in [6.45, 7) is 2.11. The highest BCUT2D eigenvalue weighted by atomic mass is 16.5. The van der Waals surface area contributed by atoms with E-state index in [1.54, 1.807) is 12.0 Å². The van der Waals surface area contributed by atoms with Crippen LogP contribution in [0.5, 0.6) is 5.75 Å². The third-order valence-corrected chi connectivity index (χ3v) is 4.93. The number of amides is 1. The van der Waals surface area contributed by atoms with Gasteiger partial charge in [-0.2, -0.15) is 5.10 Å². The lowest BCUT2D eigenvalue weighted by Gasteiger charge is -2.26. The quantitative estimate of drug-likeness (QED) is 0.687. The van der Waals surface area contributed by atoms with E-state index >= 15 is 0 Å². The zero-order valence-corrected chi connectivity index (χ0v) is 15.9. The molecule has 1 aliphatic heterocycles. The number of fused-ring (bicyclic) bond motifs is 1. The van der Waals surface area contributed by atoms with Gasteiger partial charge in [0, 0.05) is 24.8 Å². The monoisotopic (exact) mass is 377 g/mol. The Hall–Kier alpha value is -3.12. The summed E-state index contributed by atoms with van der Waals surface area (Å²) in [7, 11) is 1.64. The molecule has 6 nitrogen and oxygen atoms in total. The van der Waals surface area contributed by atoms with E-state index in [4.69, 9.17) is 9.47 Å². The van der Waals surface area contributed by atoms with Crippen molar-refractivity contribution in [3.05, 3.63) is 71.4 Å². The molecule has 1 amide bonds. The summed E-state index contributed by atoms with van der Waals surface area (Å²) in [6, 6.07) is 17.9. The minimum Gasteiger partial charge on any atom is -0.488 e. The van der Waals surface area contributed by atoms with Crippen molar-refractivity contribution >= 4 is 5.91 Å². The first-order valence-electron chi connectivity index (χ1n) is 9.35. The second-order valence-electron chi connectivity index (χ2n) is 6.78. The molecule has 0 spiro atoms. The zero-order chi connectivity index (χ0) is 19.3. The van der Waals surface area contributed by atoms with Gasteiger partial charge in [-0.1, -0.05) is 42.5 Å². The van der Waals surface area contributed by atoms with Gasteiger partial charge in [0.1, 0.15) is 12.4 Å². The summed E-state index contributed by atoms with van der Waals surface area (Å²) in [4.78, 5) is 14.3. The first-order valence-corrected chi connectivity index (χ1v) is 9.35. The van der Waals surface area contributed by atoms with E-state index in [0.29, 0.717) is 32.7 Å². The van der Waals surface area contributed by atoms with Crippen molar-refractivity contribution in [2.75, 3.05) is 20.3 Å². The molecular formula is C22H23N3O3. The number of hydrogen-bond donors (Lipinski definition) is 1. The van der Waals surface area contributed by atoms with Gasteiger partial charge in [-0.05, 0) is 17.7 Å². The highest BCUT2D eigenvalue weighted by Crippen LogP contribution is 2.34. The van der Waals surface area contributed by atoms with E-state index in [9.17, 15) is 4.79 Å². The van der Waals surface area contributed by atoms with Crippen LogP contribution in [0.3, 0.4) is 0 Å². The fourth-order valence-corrected chi connectivity index (χ4v) is 3.42. The Morgan fingerprint density at radius 2 is 1.89 bits per heavy atom. The fraction of sp³-hybridized carbons (Fsp3) is 0.273. The number of H-pyrrole nitrogens is 1. The normalized spacial score (nSPS) is 13.5. The van der Waals surface area contributed by atoms with Crippen LogP contribution in [0.1, 0.15) is 16.8 Å². The third kappa shape index (κ3) is 3.77. The molecular weight excluding hydrogens is 354 g/mol. The van der Waals surface area contributed by atoms with Crippen molar-refractivity contribution in [2.24, 2.45) is 0 Å². The second-order valence-corrected chi connectivity index (χ2v) is 6.78. The van der Waals surface area contributed by atoms with Crippen molar-refractivity contribution < 1.29 is 14.3 Å². The van der Waals surface area contributed by atoms with E-state index in [1.165, 1.54) is 0 Å². The molecule has 0 radical (unpaired) electrons. The maximum absolute atomic E-state index is 12.5. The molecule has 0 fully saturated rings. The first-order chi connectivity index (χ1) is 13.8. The van der Waals surface area contributed by atoms with E-state index < -0.39 is 0 Å². The van der Waals surface area contributed by atoms with Crippen LogP contribution in [-0.2, 0) is 29.1 Å². The maximum Gasteiger partial charge on any atom is 0.227 e. The molecule has 0 atom stereocenters. The van der Waals surface area contributed by atoms with Crippen molar-refractivity contribution in [1.29, 1.82) is 0 Å². The van der Waals surface area contributed by atoms with Gasteiger partial charge in [0.25, 0.3) is 0 Å². The lowest BCUT2D eigenvalue weighted by Crippen LogP contribution is -2.38. The van der Waals surface area contributed by atoms with Crippen molar-refractivity contribution in [3.8, 4) is 17.0 Å². The number of aromatic amines is 1. The molecule has 0 aliphatic carbocycles. The molecule has 1 aromatic heterocycles. The fourth-order valence-electron chi connectivity index (χ4n) is 3.42. The topological polar surface area (TPSA) is 67.4 Å². The predicted molar refractivity (Wildman–Crippen MR) is 106 cm³/mol. The van der Waals surface area contributed by atoms with Gasteiger partial charge in [-0.25, -0.2) is 0 Å². The van der Waals surface area contributed by atoms with Crippen LogP contribution in [-0.4, -0.2) is 41.3 Å². The summed E-state index contributed by atoms with van der Waals surface area (Å²) in [5.74, 6) is 0.852. The number of benzene rings is 2. The number of hydrogen-bond acceptors (Lipinski definition) is 4. The highest BCUT2D eigenvalue weighted by Gasteiger charge is 2.28. The summed E-state index contributed by atoms with van der Waals surface area (Å²) in [6.07, 6.45) is 0.331. The Morgan fingerprint density at radius 1 is 1.11 bits per heavy atom. The largest absolute Gasteiger partial charge is 0.488 e. The molecule has 3 aromatic rings. The summed E-state index contributed by atoms with van der Waals surface area (Å²) >= 11 is 0. The summed E-state index contributed by atoms with van der Waals surface area (Å²) in [5, 5.41) is 7.63. The predicted octanol–water partition coefficient (Wildman–Crippen LogP) is 3.19. The number of methoxy groups -OCH3 is 1. The average molecular weight is 377 g/mol. The summed E-state index contributed by atoms with van der Waals surface area (Å²) in [5.41, 5.74) is 4.72. The van der Waals surface area contributed by atoms with Gasteiger partial charge < -0.3 is 14.4 Å². The van der Waals surface area contributed by atoms with Gasteiger partial charge in [-0.3, -0.25) is 9.89 Å². The molecule has 1 N–H and O–H groups in total. The second kappa shape index (κ2) is 8.27. The van der Waals surface area contributed by atoms with E-state index in [0.717, 1.165) is 33.8 Å². The highest BCUT2D eigenvalue weighted by molar-refractivity contribution is 5.84. The van der Waals surface area contributed by atoms with Crippen LogP contribution in [0, 0.1) is 0 Å². The molecule has 0 bridgehead atoms. The van der Waals surface area contributed by atoms with E-state index in [-0.39, 0.29) is 5.91 Å². The van der Waals surface area contributed by atoms with Gasteiger partial charge in [0.05, 0.1) is 31.0 Å². The first kappa shape index (κ1) is 18.3. The van der Waals surface area contributed by atoms with Gasteiger partial charge in [0.15, 0.2) is 0 Å². The lowest BCUT2D eigenvalue weighted by atomic mass is 9.99. The lowest BCUT2D eigenvalue weighted by molar-refractivity contribution is -0.132. The number of carbonyl (C=O) groups excluding carboxylic acids is 1. The van der Waals surface area contributed by atoms with Crippen LogP contribution in [0.15, 0.2) is 54.6 Å². The van der Waals surface area contributed by atoms with Crippen LogP contribution >= 0.6 is 0 Å². The SMILES string of the molecule is COCCN1Cc2[nH]nc(-c3ccccc3OCc3ccccc3)c2CC1=O. The molecule has 28 heavy (non-hydrogen) atoms. The van der Waals surface area contributed by atoms with Gasteiger partial charge >= 0.3 is 0 Å².